The van der Waals surface area contributed by atoms with Gasteiger partial charge in [0.1, 0.15) is 0 Å². The van der Waals surface area contributed by atoms with E-state index in [4.69, 9.17) is 4.74 Å². The SMILES string of the molecule is O=C1CC(C(=O)N2CCN(Cc3ccccc3)CC2)CN1CC1CCCO1. The van der Waals surface area contributed by atoms with E-state index in [9.17, 15) is 9.59 Å². The monoisotopic (exact) mass is 371 g/mol. The van der Waals surface area contributed by atoms with Gasteiger partial charge in [0.05, 0.1) is 12.0 Å². The Morgan fingerprint density at radius 3 is 2.59 bits per heavy atom. The summed E-state index contributed by atoms with van der Waals surface area (Å²) in [4.78, 5) is 31.4. The molecular formula is C21H29N3O3. The molecule has 2 amide bonds. The molecule has 0 aromatic heterocycles. The molecule has 6 nitrogen and oxygen atoms in total. The maximum atomic E-state index is 12.9. The fourth-order valence-electron chi connectivity index (χ4n) is 4.37. The zero-order valence-electron chi connectivity index (χ0n) is 15.9. The second-order valence-corrected chi connectivity index (χ2v) is 7.92. The summed E-state index contributed by atoms with van der Waals surface area (Å²) < 4.78 is 5.64. The van der Waals surface area contributed by atoms with Crippen LogP contribution in [0.5, 0.6) is 0 Å². The third-order valence-corrected chi connectivity index (χ3v) is 5.94. The van der Waals surface area contributed by atoms with Crippen molar-refractivity contribution >= 4 is 11.8 Å². The number of likely N-dealkylation sites (tertiary alicyclic amines) is 1. The van der Waals surface area contributed by atoms with Gasteiger partial charge < -0.3 is 14.5 Å². The highest BCUT2D eigenvalue weighted by Crippen LogP contribution is 2.23. The normalized spacial score (nSPS) is 26.7. The number of piperazine rings is 1. The lowest BCUT2D eigenvalue weighted by molar-refractivity contribution is -0.137. The highest BCUT2D eigenvalue weighted by atomic mass is 16.5. The molecule has 2 unspecified atom stereocenters. The number of carbonyl (C=O) groups excluding carboxylic acids is 2. The van der Waals surface area contributed by atoms with E-state index in [0.717, 1.165) is 52.2 Å². The minimum atomic E-state index is -0.181. The number of hydrogen-bond acceptors (Lipinski definition) is 4. The molecule has 3 fully saturated rings. The molecule has 0 radical (unpaired) electrons. The summed E-state index contributed by atoms with van der Waals surface area (Å²) in [6.45, 7) is 6.21. The first kappa shape index (κ1) is 18.4. The Balaban J connectivity index is 1.25. The van der Waals surface area contributed by atoms with Crippen molar-refractivity contribution in [2.45, 2.75) is 31.9 Å². The van der Waals surface area contributed by atoms with Crippen molar-refractivity contribution in [2.24, 2.45) is 5.92 Å². The number of carbonyl (C=O) groups is 2. The van der Waals surface area contributed by atoms with Crippen molar-refractivity contribution in [1.29, 1.82) is 0 Å². The minimum absolute atomic E-state index is 0.103. The van der Waals surface area contributed by atoms with Gasteiger partial charge in [0.25, 0.3) is 0 Å². The predicted molar refractivity (Wildman–Crippen MR) is 102 cm³/mol. The molecule has 3 aliphatic rings. The first-order valence-electron chi connectivity index (χ1n) is 10.1. The molecule has 0 bridgehead atoms. The Hall–Kier alpha value is -1.92. The van der Waals surface area contributed by atoms with E-state index < -0.39 is 0 Å². The van der Waals surface area contributed by atoms with Crippen LogP contribution in [0.3, 0.4) is 0 Å². The molecule has 146 valence electrons. The molecule has 3 heterocycles. The van der Waals surface area contributed by atoms with Gasteiger partial charge in [-0.1, -0.05) is 30.3 Å². The summed E-state index contributed by atoms with van der Waals surface area (Å²) in [6.07, 6.45) is 2.61. The third-order valence-electron chi connectivity index (χ3n) is 5.94. The number of rotatable bonds is 5. The Kier molecular flexibility index (Phi) is 5.74. The highest BCUT2D eigenvalue weighted by Gasteiger charge is 2.38. The number of amides is 2. The molecular weight excluding hydrogens is 342 g/mol. The van der Waals surface area contributed by atoms with Crippen molar-refractivity contribution in [3.05, 3.63) is 35.9 Å². The first-order chi connectivity index (χ1) is 13.2. The van der Waals surface area contributed by atoms with Crippen molar-refractivity contribution < 1.29 is 14.3 Å². The number of nitrogens with zero attached hydrogens (tertiary/aromatic N) is 3. The third kappa shape index (κ3) is 4.50. The highest BCUT2D eigenvalue weighted by molar-refractivity contribution is 5.89. The van der Waals surface area contributed by atoms with Crippen molar-refractivity contribution in [3.63, 3.8) is 0 Å². The zero-order chi connectivity index (χ0) is 18.6. The fourth-order valence-corrected chi connectivity index (χ4v) is 4.37. The van der Waals surface area contributed by atoms with E-state index in [2.05, 4.69) is 29.2 Å². The van der Waals surface area contributed by atoms with Gasteiger partial charge >= 0.3 is 0 Å². The van der Waals surface area contributed by atoms with Gasteiger partial charge in [-0.15, -0.1) is 0 Å². The standard InChI is InChI=1S/C21H29N3O3/c25-20-13-18(15-24(20)16-19-7-4-12-27-19)21(26)23-10-8-22(9-11-23)14-17-5-2-1-3-6-17/h1-3,5-6,18-19H,4,7-16H2. The minimum Gasteiger partial charge on any atom is -0.376 e. The molecule has 27 heavy (non-hydrogen) atoms. The van der Waals surface area contributed by atoms with E-state index in [1.807, 2.05) is 15.9 Å². The van der Waals surface area contributed by atoms with E-state index in [-0.39, 0.29) is 23.8 Å². The molecule has 6 heteroatoms. The fraction of sp³-hybridized carbons (Fsp3) is 0.619. The van der Waals surface area contributed by atoms with Crippen LogP contribution in [0.4, 0.5) is 0 Å². The number of benzene rings is 1. The van der Waals surface area contributed by atoms with Gasteiger partial charge in [0, 0.05) is 58.8 Å². The Labute approximate surface area is 161 Å². The van der Waals surface area contributed by atoms with Crippen LogP contribution in [0.15, 0.2) is 30.3 Å². The molecule has 0 N–H and O–H groups in total. The van der Waals surface area contributed by atoms with Crippen molar-refractivity contribution in [2.75, 3.05) is 45.9 Å². The molecule has 1 aromatic rings. The van der Waals surface area contributed by atoms with E-state index >= 15 is 0 Å². The van der Waals surface area contributed by atoms with E-state index in [1.165, 1.54) is 5.56 Å². The Morgan fingerprint density at radius 2 is 1.89 bits per heavy atom. The lowest BCUT2D eigenvalue weighted by Crippen LogP contribution is -2.50. The van der Waals surface area contributed by atoms with Crippen LogP contribution in [-0.4, -0.2) is 78.5 Å². The molecule has 0 aliphatic carbocycles. The van der Waals surface area contributed by atoms with Crippen LogP contribution >= 0.6 is 0 Å². The van der Waals surface area contributed by atoms with Crippen LogP contribution in [0.1, 0.15) is 24.8 Å². The largest absolute Gasteiger partial charge is 0.376 e. The summed E-state index contributed by atoms with van der Waals surface area (Å²) in [5.41, 5.74) is 1.31. The smallest absolute Gasteiger partial charge is 0.228 e. The van der Waals surface area contributed by atoms with Crippen LogP contribution in [0, 0.1) is 5.92 Å². The maximum Gasteiger partial charge on any atom is 0.228 e. The van der Waals surface area contributed by atoms with Crippen LogP contribution in [-0.2, 0) is 20.9 Å². The van der Waals surface area contributed by atoms with Gasteiger partial charge in [0.2, 0.25) is 11.8 Å². The lowest BCUT2D eigenvalue weighted by atomic mass is 10.1. The van der Waals surface area contributed by atoms with Crippen LogP contribution < -0.4 is 0 Å². The van der Waals surface area contributed by atoms with Gasteiger partial charge in [-0.05, 0) is 18.4 Å². The second-order valence-electron chi connectivity index (χ2n) is 7.92. The summed E-state index contributed by atoms with van der Waals surface area (Å²) in [5.74, 6) is 0.0729. The van der Waals surface area contributed by atoms with Gasteiger partial charge in [-0.25, -0.2) is 0 Å². The van der Waals surface area contributed by atoms with E-state index in [1.54, 1.807) is 0 Å². The number of hydrogen-bond donors (Lipinski definition) is 0. The molecule has 3 saturated heterocycles. The van der Waals surface area contributed by atoms with Gasteiger partial charge in [-0.3, -0.25) is 14.5 Å². The summed E-state index contributed by atoms with van der Waals surface area (Å²) in [5, 5.41) is 0. The predicted octanol–water partition coefficient (Wildman–Crippen LogP) is 1.36. The Bertz CT molecular complexity index is 652. The van der Waals surface area contributed by atoms with E-state index in [0.29, 0.717) is 19.5 Å². The second kappa shape index (κ2) is 8.40. The lowest BCUT2D eigenvalue weighted by Gasteiger charge is -2.36. The topological polar surface area (TPSA) is 53.1 Å². The average molecular weight is 371 g/mol. The summed E-state index contributed by atoms with van der Waals surface area (Å²) >= 11 is 0. The molecule has 1 aromatic carbocycles. The molecule has 0 spiro atoms. The Morgan fingerprint density at radius 1 is 1.11 bits per heavy atom. The molecule has 0 saturated carbocycles. The first-order valence-corrected chi connectivity index (χ1v) is 10.1. The van der Waals surface area contributed by atoms with Crippen LogP contribution in [0.2, 0.25) is 0 Å². The molecule has 4 rings (SSSR count). The van der Waals surface area contributed by atoms with Gasteiger partial charge in [-0.2, -0.15) is 0 Å². The summed E-state index contributed by atoms with van der Waals surface area (Å²) in [6, 6.07) is 10.4. The molecule has 2 atom stereocenters. The number of ether oxygens (including phenoxy) is 1. The maximum absolute atomic E-state index is 12.9. The molecule has 3 aliphatic heterocycles. The van der Waals surface area contributed by atoms with Crippen molar-refractivity contribution in [1.82, 2.24) is 14.7 Å². The zero-order valence-corrected chi connectivity index (χ0v) is 15.9. The van der Waals surface area contributed by atoms with Crippen LogP contribution in [0.25, 0.3) is 0 Å². The van der Waals surface area contributed by atoms with Crippen molar-refractivity contribution in [3.8, 4) is 0 Å². The summed E-state index contributed by atoms with van der Waals surface area (Å²) in [7, 11) is 0. The van der Waals surface area contributed by atoms with Gasteiger partial charge in [0.15, 0.2) is 0 Å². The quantitative estimate of drug-likeness (QED) is 0.784. The average Bonchev–Trinajstić information content (AvgIpc) is 3.33.